The van der Waals surface area contributed by atoms with E-state index in [1.165, 1.54) is 25.0 Å². The molecule has 0 N–H and O–H groups in total. The van der Waals surface area contributed by atoms with Crippen LogP contribution in [0.5, 0.6) is 0 Å². The van der Waals surface area contributed by atoms with Crippen LogP contribution in [0.4, 0.5) is 4.39 Å². The van der Waals surface area contributed by atoms with Crippen LogP contribution in [0.2, 0.25) is 0 Å². The van der Waals surface area contributed by atoms with Gasteiger partial charge in [0.1, 0.15) is 11.5 Å². The highest BCUT2D eigenvalue weighted by atomic mass is 19.1. The van der Waals surface area contributed by atoms with E-state index < -0.39 is 0 Å². The monoisotopic (exact) mass is 352 g/mol. The molecule has 1 aromatic carbocycles. The molecule has 1 aliphatic rings. The maximum absolute atomic E-state index is 13.2. The Morgan fingerprint density at radius 1 is 1.08 bits per heavy atom. The second-order valence-corrected chi connectivity index (χ2v) is 6.82. The highest BCUT2D eigenvalue weighted by Gasteiger charge is 2.21. The van der Waals surface area contributed by atoms with Crippen LogP contribution in [0.15, 0.2) is 36.5 Å². The summed E-state index contributed by atoms with van der Waals surface area (Å²) in [6.45, 7) is 3.52. The van der Waals surface area contributed by atoms with Crippen molar-refractivity contribution >= 4 is 11.6 Å². The van der Waals surface area contributed by atoms with Gasteiger partial charge in [-0.25, -0.2) is 13.9 Å². The Hall–Kier alpha value is -2.76. The third kappa shape index (κ3) is 3.19. The quantitative estimate of drug-likeness (QED) is 0.704. The van der Waals surface area contributed by atoms with Crippen LogP contribution in [0.3, 0.4) is 0 Å². The highest BCUT2D eigenvalue weighted by molar-refractivity contribution is 5.93. The van der Waals surface area contributed by atoms with E-state index in [1.807, 2.05) is 17.9 Å². The molecule has 26 heavy (non-hydrogen) atoms. The lowest BCUT2D eigenvalue weighted by atomic mass is 10.1. The zero-order valence-electron chi connectivity index (χ0n) is 14.8. The summed E-state index contributed by atoms with van der Waals surface area (Å²) >= 11 is 0. The Morgan fingerprint density at radius 2 is 1.77 bits per heavy atom. The molecule has 3 heterocycles. The Labute approximate surface area is 151 Å². The number of nitrogens with zero attached hydrogens (tertiary/aromatic N) is 4. The van der Waals surface area contributed by atoms with Crippen molar-refractivity contribution in [1.82, 2.24) is 19.5 Å². The summed E-state index contributed by atoms with van der Waals surface area (Å²) in [5.74, 6) is -0.306. The molecule has 4 rings (SSSR count). The number of fused-ring (bicyclic) bond motifs is 1. The zero-order chi connectivity index (χ0) is 18.1. The van der Waals surface area contributed by atoms with Gasteiger partial charge in [-0.2, -0.15) is 5.10 Å². The molecule has 0 spiro atoms. The van der Waals surface area contributed by atoms with E-state index in [0.29, 0.717) is 11.3 Å². The van der Waals surface area contributed by atoms with E-state index in [9.17, 15) is 9.18 Å². The summed E-state index contributed by atoms with van der Waals surface area (Å²) in [5, 5.41) is 4.56. The summed E-state index contributed by atoms with van der Waals surface area (Å²) in [5.41, 5.74) is 3.58. The summed E-state index contributed by atoms with van der Waals surface area (Å²) in [4.78, 5) is 19.2. The van der Waals surface area contributed by atoms with Crippen LogP contribution in [-0.4, -0.2) is 38.5 Å². The fourth-order valence-corrected chi connectivity index (χ4v) is 3.43. The van der Waals surface area contributed by atoms with E-state index in [2.05, 4.69) is 10.1 Å². The van der Waals surface area contributed by atoms with Gasteiger partial charge in [0, 0.05) is 18.7 Å². The fraction of sp³-hybridized carbons (Fsp3) is 0.350. The van der Waals surface area contributed by atoms with Crippen LogP contribution in [0.1, 0.15) is 41.7 Å². The molecule has 134 valence electrons. The van der Waals surface area contributed by atoms with Gasteiger partial charge in [-0.3, -0.25) is 4.79 Å². The first kappa shape index (κ1) is 16.7. The first-order valence-electron chi connectivity index (χ1n) is 9.04. The molecule has 5 nitrogen and oxygen atoms in total. The number of hydrogen-bond acceptors (Lipinski definition) is 3. The molecule has 0 atom stereocenters. The van der Waals surface area contributed by atoms with Crippen LogP contribution in [-0.2, 0) is 0 Å². The first-order valence-corrected chi connectivity index (χ1v) is 9.04. The minimum Gasteiger partial charge on any atom is -0.337 e. The SMILES string of the molecule is Cc1cc(-c2ccc(F)cc2)nn2cc(C(=O)N3CCCCCC3)nc12. The molecule has 0 unspecified atom stereocenters. The van der Waals surface area contributed by atoms with Gasteiger partial charge in [0.15, 0.2) is 5.65 Å². The predicted molar refractivity (Wildman–Crippen MR) is 97.5 cm³/mol. The number of hydrogen-bond donors (Lipinski definition) is 0. The van der Waals surface area contributed by atoms with Crippen molar-refractivity contribution in [1.29, 1.82) is 0 Å². The lowest BCUT2D eigenvalue weighted by Gasteiger charge is -2.18. The van der Waals surface area contributed by atoms with Crippen molar-refractivity contribution in [2.24, 2.45) is 0 Å². The van der Waals surface area contributed by atoms with Gasteiger partial charge in [0.25, 0.3) is 5.91 Å². The molecule has 0 radical (unpaired) electrons. The Bertz CT molecular complexity index is 940. The maximum atomic E-state index is 13.2. The van der Waals surface area contributed by atoms with E-state index in [1.54, 1.807) is 22.8 Å². The van der Waals surface area contributed by atoms with Gasteiger partial charge in [-0.15, -0.1) is 0 Å². The molecule has 0 saturated carbocycles. The van der Waals surface area contributed by atoms with E-state index in [0.717, 1.165) is 42.8 Å². The molecule has 1 fully saturated rings. The van der Waals surface area contributed by atoms with Crippen molar-refractivity contribution in [3.63, 3.8) is 0 Å². The largest absolute Gasteiger partial charge is 0.337 e. The number of rotatable bonds is 2. The molecule has 0 aliphatic carbocycles. The second-order valence-electron chi connectivity index (χ2n) is 6.82. The Kier molecular flexibility index (Phi) is 4.41. The zero-order valence-corrected chi connectivity index (χ0v) is 14.8. The van der Waals surface area contributed by atoms with Crippen LogP contribution < -0.4 is 0 Å². The smallest absolute Gasteiger partial charge is 0.274 e. The van der Waals surface area contributed by atoms with Crippen molar-refractivity contribution in [2.45, 2.75) is 32.6 Å². The number of carbonyl (C=O) groups is 1. The number of amides is 1. The summed E-state index contributed by atoms with van der Waals surface area (Å²) in [6, 6.07) is 8.14. The fourth-order valence-electron chi connectivity index (χ4n) is 3.43. The molecule has 2 aromatic heterocycles. The third-order valence-electron chi connectivity index (χ3n) is 4.86. The molecular weight excluding hydrogens is 331 g/mol. The molecule has 1 amide bonds. The van der Waals surface area contributed by atoms with Gasteiger partial charge in [-0.1, -0.05) is 12.8 Å². The second kappa shape index (κ2) is 6.86. The predicted octanol–water partition coefficient (Wildman–Crippen LogP) is 3.86. The summed E-state index contributed by atoms with van der Waals surface area (Å²) in [7, 11) is 0. The normalized spacial score (nSPS) is 15.2. The minimum atomic E-state index is -0.278. The van der Waals surface area contributed by atoms with Gasteiger partial charge in [-0.05, 0) is 55.7 Å². The number of imidazole rings is 1. The van der Waals surface area contributed by atoms with Gasteiger partial charge < -0.3 is 4.90 Å². The number of aromatic nitrogens is 3. The topological polar surface area (TPSA) is 50.5 Å². The molecule has 0 bridgehead atoms. The number of carbonyl (C=O) groups excluding carboxylic acids is 1. The standard InChI is InChI=1S/C20H21FN4O/c1-14-12-17(15-6-8-16(21)9-7-15)23-25-13-18(22-19(14)25)20(26)24-10-4-2-3-5-11-24/h6-9,12-13H,2-5,10-11H2,1H3. The average molecular weight is 352 g/mol. The molecule has 6 heteroatoms. The summed E-state index contributed by atoms with van der Waals surface area (Å²) in [6.07, 6.45) is 6.14. The number of aryl methyl sites for hydroxylation is 1. The number of halogens is 1. The van der Waals surface area contributed by atoms with E-state index in [-0.39, 0.29) is 11.7 Å². The first-order chi connectivity index (χ1) is 12.6. The highest BCUT2D eigenvalue weighted by Crippen LogP contribution is 2.21. The van der Waals surface area contributed by atoms with Gasteiger partial charge >= 0.3 is 0 Å². The minimum absolute atomic E-state index is 0.0277. The van der Waals surface area contributed by atoms with Crippen LogP contribution in [0.25, 0.3) is 16.9 Å². The van der Waals surface area contributed by atoms with Gasteiger partial charge in [0.05, 0.1) is 11.9 Å². The van der Waals surface area contributed by atoms with E-state index in [4.69, 9.17) is 0 Å². The number of likely N-dealkylation sites (tertiary alicyclic amines) is 1. The van der Waals surface area contributed by atoms with Crippen molar-refractivity contribution in [2.75, 3.05) is 13.1 Å². The van der Waals surface area contributed by atoms with Crippen LogP contribution in [0, 0.1) is 12.7 Å². The molecule has 1 saturated heterocycles. The number of benzene rings is 1. The molecule has 1 aliphatic heterocycles. The van der Waals surface area contributed by atoms with Crippen molar-refractivity contribution < 1.29 is 9.18 Å². The third-order valence-corrected chi connectivity index (χ3v) is 4.86. The lowest BCUT2D eigenvalue weighted by Crippen LogP contribution is -2.32. The lowest BCUT2D eigenvalue weighted by molar-refractivity contribution is 0.0756. The van der Waals surface area contributed by atoms with Crippen molar-refractivity contribution in [3.8, 4) is 11.3 Å². The molecule has 3 aromatic rings. The maximum Gasteiger partial charge on any atom is 0.274 e. The Balaban J connectivity index is 1.69. The van der Waals surface area contributed by atoms with Crippen molar-refractivity contribution in [3.05, 3.63) is 53.6 Å². The van der Waals surface area contributed by atoms with Crippen LogP contribution >= 0.6 is 0 Å². The average Bonchev–Trinajstić information content (AvgIpc) is 2.89. The Morgan fingerprint density at radius 3 is 2.46 bits per heavy atom. The van der Waals surface area contributed by atoms with Gasteiger partial charge in [0.2, 0.25) is 0 Å². The summed E-state index contributed by atoms with van der Waals surface area (Å²) < 4.78 is 14.8. The molecular formula is C20H21FN4O. The van der Waals surface area contributed by atoms with E-state index >= 15 is 0 Å².